The number of nitrogens with one attached hydrogen (secondary N) is 2. The number of methoxy groups -OCH3 is 1. The van der Waals surface area contributed by atoms with Gasteiger partial charge in [0.15, 0.2) is 0 Å². The number of carbonyl (C=O) groups is 2. The van der Waals surface area contributed by atoms with Crippen molar-refractivity contribution in [2.75, 3.05) is 31.3 Å². The summed E-state index contributed by atoms with van der Waals surface area (Å²) in [6, 6.07) is 12.7. The second kappa shape index (κ2) is 10.1. The number of anilines is 2. The Morgan fingerprint density at radius 3 is 2.41 bits per heavy atom. The third kappa shape index (κ3) is 6.06. The van der Waals surface area contributed by atoms with E-state index in [9.17, 15) is 9.59 Å². The first-order valence-corrected chi connectivity index (χ1v) is 9.77. The molecule has 2 N–H and O–H groups in total. The van der Waals surface area contributed by atoms with Gasteiger partial charge in [-0.15, -0.1) is 0 Å². The van der Waals surface area contributed by atoms with Crippen LogP contribution in [0, 0.1) is 6.92 Å². The fourth-order valence-corrected chi connectivity index (χ4v) is 3.03. The van der Waals surface area contributed by atoms with Gasteiger partial charge in [0.25, 0.3) is 0 Å². The van der Waals surface area contributed by atoms with Crippen molar-refractivity contribution in [1.82, 2.24) is 4.90 Å². The minimum Gasteiger partial charge on any atom is -0.497 e. The summed E-state index contributed by atoms with van der Waals surface area (Å²) >= 11 is 0. The lowest BCUT2D eigenvalue weighted by molar-refractivity contribution is -0.122. The Labute approximate surface area is 173 Å². The summed E-state index contributed by atoms with van der Waals surface area (Å²) in [5.74, 6) is 0.631. The number of ether oxygens (including phenoxy) is 1. The van der Waals surface area contributed by atoms with E-state index < -0.39 is 6.04 Å². The van der Waals surface area contributed by atoms with Crippen molar-refractivity contribution in [1.29, 1.82) is 0 Å². The molecule has 0 radical (unpaired) electrons. The zero-order valence-corrected chi connectivity index (χ0v) is 18.1. The van der Waals surface area contributed by atoms with E-state index in [4.69, 9.17) is 4.74 Å². The standard InChI is InChI=1S/C23H31N3O3/c1-15(2)20-12-7-9-16(3)22(20)25-23(28)17(4)26(5)14-21(27)24-18-10-8-11-19(13-18)29-6/h7-13,15,17H,14H2,1-6H3,(H,24,27)(H,25,28)/t17-/m0/s1. The minimum absolute atomic E-state index is 0.0939. The van der Waals surface area contributed by atoms with Crippen LogP contribution >= 0.6 is 0 Å². The Morgan fingerprint density at radius 2 is 1.76 bits per heavy atom. The number of hydrogen-bond acceptors (Lipinski definition) is 4. The Balaban J connectivity index is 2.00. The molecule has 6 heteroatoms. The van der Waals surface area contributed by atoms with Crippen LogP contribution in [0.3, 0.4) is 0 Å². The molecule has 0 saturated carbocycles. The molecule has 0 aromatic heterocycles. The first-order valence-electron chi connectivity index (χ1n) is 9.77. The van der Waals surface area contributed by atoms with E-state index >= 15 is 0 Å². The number of para-hydroxylation sites is 1. The number of nitrogens with zero attached hydrogens (tertiary/aromatic N) is 1. The van der Waals surface area contributed by atoms with Crippen molar-refractivity contribution in [2.45, 2.75) is 39.7 Å². The maximum atomic E-state index is 12.8. The minimum atomic E-state index is -0.467. The molecule has 2 rings (SSSR count). The van der Waals surface area contributed by atoms with Crippen LogP contribution in [0.1, 0.15) is 37.8 Å². The maximum absolute atomic E-state index is 12.8. The molecule has 0 spiro atoms. The summed E-state index contributed by atoms with van der Waals surface area (Å²) in [5.41, 5.74) is 3.63. The Hall–Kier alpha value is -2.86. The van der Waals surface area contributed by atoms with Gasteiger partial charge in [-0.3, -0.25) is 14.5 Å². The molecule has 0 aliphatic carbocycles. The van der Waals surface area contributed by atoms with Gasteiger partial charge in [-0.05, 0) is 50.1 Å². The first kappa shape index (κ1) is 22.4. The van der Waals surface area contributed by atoms with Gasteiger partial charge in [0.1, 0.15) is 5.75 Å². The predicted molar refractivity (Wildman–Crippen MR) is 118 cm³/mol. The normalized spacial score (nSPS) is 12.0. The molecule has 0 heterocycles. The molecule has 1 atom stereocenters. The molecular formula is C23H31N3O3. The summed E-state index contributed by atoms with van der Waals surface area (Å²) in [6.07, 6.45) is 0. The highest BCUT2D eigenvalue weighted by molar-refractivity contribution is 5.97. The molecule has 0 saturated heterocycles. The number of amides is 2. The van der Waals surface area contributed by atoms with Crippen LogP contribution in [0.15, 0.2) is 42.5 Å². The quantitative estimate of drug-likeness (QED) is 0.706. The molecule has 2 aromatic carbocycles. The zero-order valence-electron chi connectivity index (χ0n) is 18.1. The van der Waals surface area contributed by atoms with Crippen molar-refractivity contribution in [3.8, 4) is 5.75 Å². The maximum Gasteiger partial charge on any atom is 0.241 e. The largest absolute Gasteiger partial charge is 0.497 e. The van der Waals surface area contributed by atoms with Crippen LogP contribution in [0.25, 0.3) is 0 Å². The van der Waals surface area contributed by atoms with Crippen molar-refractivity contribution in [2.24, 2.45) is 0 Å². The van der Waals surface area contributed by atoms with Crippen LogP contribution in [0.5, 0.6) is 5.75 Å². The third-order valence-corrected chi connectivity index (χ3v) is 4.96. The number of aryl methyl sites for hydroxylation is 1. The van der Waals surface area contributed by atoms with Gasteiger partial charge < -0.3 is 15.4 Å². The lowest BCUT2D eigenvalue weighted by Gasteiger charge is -2.25. The summed E-state index contributed by atoms with van der Waals surface area (Å²) in [6.45, 7) is 8.07. The lowest BCUT2D eigenvalue weighted by atomic mass is 9.98. The molecule has 2 aromatic rings. The average Bonchev–Trinajstić information content (AvgIpc) is 2.68. The van der Waals surface area contributed by atoms with Crippen LogP contribution in [0.4, 0.5) is 11.4 Å². The molecule has 0 fully saturated rings. The van der Waals surface area contributed by atoms with E-state index in [1.54, 1.807) is 38.1 Å². The van der Waals surface area contributed by atoms with E-state index in [1.165, 1.54) is 0 Å². The lowest BCUT2D eigenvalue weighted by Crippen LogP contribution is -2.43. The summed E-state index contributed by atoms with van der Waals surface area (Å²) in [4.78, 5) is 26.9. The van der Waals surface area contributed by atoms with Crippen LogP contribution in [0.2, 0.25) is 0 Å². The van der Waals surface area contributed by atoms with Crippen molar-refractivity contribution in [3.63, 3.8) is 0 Å². The number of rotatable bonds is 8. The molecular weight excluding hydrogens is 366 g/mol. The van der Waals surface area contributed by atoms with Gasteiger partial charge in [-0.2, -0.15) is 0 Å². The number of likely N-dealkylation sites (N-methyl/N-ethyl adjacent to an activating group) is 1. The summed E-state index contributed by atoms with van der Waals surface area (Å²) in [5, 5.41) is 5.88. The first-order chi connectivity index (χ1) is 13.7. The van der Waals surface area contributed by atoms with Gasteiger partial charge in [0, 0.05) is 17.4 Å². The van der Waals surface area contributed by atoms with Gasteiger partial charge in [-0.25, -0.2) is 0 Å². The zero-order chi connectivity index (χ0) is 21.6. The summed E-state index contributed by atoms with van der Waals surface area (Å²) < 4.78 is 5.17. The van der Waals surface area contributed by atoms with E-state index in [2.05, 4.69) is 24.5 Å². The number of hydrogen-bond donors (Lipinski definition) is 2. The molecule has 0 unspecified atom stereocenters. The summed E-state index contributed by atoms with van der Waals surface area (Å²) in [7, 11) is 3.34. The molecule has 2 amide bonds. The van der Waals surface area contributed by atoms with Gasteiger partial charge in [0.2, 0.25) is 11.8 Å². The topological polar surface area (TPSA) is 70.7 Å². The molecule has 0 aliphatic heterocycles. The van der Waals surface area contributed by atoms with E-state index in [1.807, 2.05) is 37.3 Å². The highest BCUT2D eigenvalue weighted by Crippen LogP contribution is 2.27. The van der Waals surface area contributed by atoms with Crippen LogP contribution in [-0.2, 0) is 9.59 Å². The second-order valence-electron chi connectivity index (χ2n) is 7.55. The molecule has 29 heavy (non-hydrogen) atoms. The highest BCUT2D eigenvalue weighted by atomic mass is 16.5. The number of carbonyl (C=O) groups excluding carboxylic acids is 2. The molecule has 0 aliphatic rings. The van der Waals surface area contributed by atoms with Crippen molar-refractivity contribution < 1.29 is 14.3 Å². The van der Waals surface area contributed by atoms with Crippen molar-refractivity contribution >= 4 is 23.2 Å². The monoisotopic (exact) mass is 397 g/mol. The average molecular weight is 398 g/mol. The second-order valence-corrected chi connectivity index (χ2v) is 7.55. The van der Waals surface area contributed by atoms with Gasteiger partial charge in [0.05, 0.1) is 19.7 Å². The van der Waals surface area contributed by atoms with Crippen LogP contribution < -0.4 is 15.4 Å². The van der Waals surface area contributed by atoms with Crippen LogP contribution in [-0.4, -0.2) is 43.5 Å². The van der Waals surface area contributed by atoms with E-state index in [-0.39, 0.29) is 18.4 Å². The smallest absolute Gasteiger partial charge is 0.241 e. The number of benzene rings is 2. The Morgan fingerprint density at radius 1 is 1.07 bits per heavy atom. The SMILES string of the molecule is COc1cccc(NC(=O)CN(C)[C@@H](C)C(=O)Nc2c(C)cccc2C(C)C)c1. The third-order valence-electron chi connectivity index (χ3n) is 4.96. The Kier molecular flexibility index (Phi) is 7.79. The van der Waals surface area contributed by atoms with Gasteiger partial charge in [-0.1, -0.05) is 38.1 Å². The van der Waals surface area contributed by atoms with Crippen molar-refractivity contribution in [3.05, 3.63) is 53.6 Å². The fraction of sp³-hybridized carbons (Fsp3) is 0.391. The molecule has 0 bridgehead atoms. The molecule has 156 valence electrons. The van der Waals surface area contributed by atoms with Gasteiger partial charge >= 0.3 is 0 Å². The fourth-order valence-electron chi connectivity index (χ4n) is 3.03. The molecule has 6 nitrogen and oxygen atoms in total. The van der Waals surface area contributed by atoms with E-state index in [0.717, 1.165) is 16.8 Å². The highest BCUT2D eigenvalue weighted by Gasteiger charge is 2.22. The predicted octanol–water partition coefficient (Wildman–Crippen LogP) is 4.02. The Bertz CT molecular complexity index is 864. The van der Waals surface area contributed by atoms with E-state index in [0.29, 0.717) is 17.4 Å².